The Labute approximate surface area is 200 Å². The van der Waals surface area contributed by atoms with Crippen molar-refractivity contribution in [3.63, 3.8) is 0 Å². The lowest BCUT2D eigenvalue weighted by Gasteiger charge is -2.29. The number of rotatable bonds is 4. The number of amides is 2. The molecule has 0 bridgehead atoms. The molecule has 2 amide bonds. The fraction of sp³-hybridized carbons (Fsp3) is 0.200. The van der Waals surface area contributed by atoms with Crippen LogP contribution >= 0.6 is 11.6 Å². The third-order valence-electron chi connectivity index (χ3n) is 6.23. The van der Waals surface area contributed by atoms with E-state index in [1.165, 1.54) is 22.1 Å². The van der Waals surface area contributed by atoms with Crippen molar-refractivity contribution in [2.45, 2.75) is 26.0 Å². The van der Waals surface area contributed by atoms with Crippen LogP contribution in [0.25, 0.3) is 0 Å². The first kappa shape index (κ1) is 22.1. The molecule has 2 fully saturated rings. The molecule has 34 heavy (non-hydrogen) atoms. The highest BCUT2D eigenvalue weighted by molar-refractivity contribution is 6.32. The molecule has 2 aliphatic rings. The Balaban J connectivity index is 1.63. The maximum atomic E-state index is 13.7. The number of halogens is 1. The lowest BCUT2D eigenvalue weighted by atomic mass is 9.90. The van der Waals surface area contributed by atoms with Gasteiger partial charge in [0.15, 0.2) is 6.10 Å². The van der Waals surface area contributed by atoms with Crippen molar-refractivity contribution in [3.8, 4) is 0 Å². The molecule has 0 aliphatic carbocycles. The summed E-state index contributed by atoms with van der Waals surface area (Å²) in [5.74, 6) is -1.77. The zero-order chi connectivity index (χ0) is 24.1. The number of carbonyl (C=O) groups is 2. The quantitative estimate of drug-likeness (QED) is 0.301. The minimum Gasteiger partial charge on any atom is -0.273 e. The molecular weight excluding hydrogens is 458 g/mol. The van der Waals surface area contributed by atoms with E-state index >= 15 is 0 Å². The number of carbonyl (C=O) groups excluding carboxylic acids is 2. The Morgan fingerprint density at radius 1 is 0.971 bits per heavy atom. The normalized spacial score (nSPS) is 21.8. The number of nitrogens with zero attached hydrogens (tertiary/aromatic N) is 3. The fourth-order valence-corrected chi connectivity index (χ4v) is 4.89. The molecule has 2 saturated heterocycles. The average Bonchev–Trinajstić information content (AvgIpc) is 3.31. The van der Waals surface area contributed by atoms with Gasteiger partial charge in [-0.15, -0.1) is 0 Å². The van der Waals surface area contributed by atoms with Crippen LogP contribution in [0.4, 0.5) is 17.1 Å². The smallest absolute Gasteiger partial charge is 0.273 e. The number of nitro groups is 1. The van der Waals surface area contributed by atoms with E-state index in [4.69, 9.17) is 16.4 Å². The van der Waals surface area contributed by atoms with E-state index < -0.39 is 34.8 Å². The van der Waals surface area contributed by atoms with Crippen LogP contribution < -0.4 is 9.96 Å². The van der Waals surface area contributed by atoms with Crippen molar-refractivity contribution in [1.82, 2.24) is 0 Å². The molecule has 0 radical (unpaired) electrons. The monoisotopic (exact) mass is 477 g/mol. The number of benzene rings is 3. The van der Waals surface area contributed by atoms with Crippen molar-refractivity contribution in [2.75, 3.05) is 9.96 Å². The molecule has 3 aromatic carbocycles. The molecule has 2 heterocycles. The van der Waals surface area contributed by atoms with E-state index in [1.54, 1.807) is 36.4 Å². The summed E-state index contributed by atoms with van der Waals surface area (Å²) in [4.78, 5) is 45.4. The second-order valence-electron chi connectivity index (χ2n) is 8.43. The lowest BCUT2D eigenvalue weighted by molar-refractivity contribution is -0.384. The molecule has 0 aromatic heterocycles. The summed E-state index contributed by atoms with van der Waals surface area (Å²) in [6, 6.07) is 18.1. The molecule has 8 nitrogen and oxygen atoms in total. The first-order valence-electron chi connectivity index (χ1n) is 10.7. The SMILES string of the molecule is Cc1ccc(N2C(=O)C3ON(c4ccccc4)C(c4ccc(Cl)c([N+](=O)[O-])c4)C3C2=O)c(C)c1. The Hall–Kier alpha value is -3.75. The minimum absolute atomic E-state index is 0.0128. The minimum atomic E-state index is -1.06. The van der Waals surface area contributed by atoms with Crippen LogP contribution in [-0.4, -0.2) is 22.8 Å². The number of aryl methyl sites for hydroxylation is 2. The Kier molecular flexibility index (Phi) is 5.34. The number of para-hydroxylation sites is 1. The van der Waals surface area contributed by atoms with Crippen LogP contribution in [0.1, 0.15) is 22.7 Å². The van der Waals surface area contributed by atoms with Crippen molar-refractivity contribution < 1.29 is 19.3 Å². The first-order chi connectivity index (χ1) is 16.3. The highest BCUT2D eigenvalue weighted by atomic mass is 35.5. The van der Waals surface area contributed by atoms with Gasteiger partial charge in [-0.1, -0.05) is 53.6 Å². The van der Waals surface area contributed by atoms with Gasteiger partial charge < -0.3 is 0 Å². The molecule has 172 valence electrons. The maximum absolute atomic E-state index is 13.7. The van der Waals surface area contributed by atoms with Gasteiger partial charge in [-0.25, -0.2) is 9.96 Å². The van der Waals surface area contributed by atoms with Crippen molar-refractivity contribution >= 4 is 40.5 Å². The fourth-order valence-electron chi connectivity index (χ4n) is 4.70. The van der Waals surface area contributed by atoms with Crippen LogP contribution in [0.2, 0.25) is 5.02 Å². The van der Waals surface area contributed by atoms with Gasteiger partial charge in [0.05, 0.1) is 22.3 Å². The van der Waals surface area contributed by atoms with Gasteiger partial charge >= 0.3 is 0 Å². The first-order valence-corrected chi connectivity index (χ1v) is 11.1. The third-order valence-corrected chi connectivity index (χ3v) is 6.55. The van der Waals surface area contributed by atoms with Crippen molar-refractivity contribution in [3.05, 3.63) is 98.6 Å². The van der Waals surface area contributed by atoms with Crippen LogP contribution in [0.15, 0.2) is 66.7 Å². The van der Waals surface area contributed by atoms with E-state index in [0.29, 0.717) is 16.9 Å². The number of hydrogen-bond acceptors (Lipinski definition) is 6. The van der Waals surface area contributed by atoms with Crippen LogP contribution in [0.5, 0.6) is 0 Å². The van der Waals surface area contributed by atoms with Gasteiger partial charge in [0, 0.05) is 6.07 Å². The molecule has 0 N–H and O–H groups in total. The van der Waals surface area contributed by atoms with Gasteiger partial charge in [0.25, 0.3) is 11.6 Å². The Morgan fingerprint density at radius 2 is 1.71 bits per heavy atom. The molecule has 3 aromatic rings. The van der Waals surface area contributed by atoms with E-state index in [1.807, 2.05) is 32.0 Å². The number of imide groups is 1. The van der Waals surface area contributed by atoms with Gasteiger partial charge in [0.2, 0.25) is 5.91 Å². The highest BCUT2D eigenvalue weighted by Crippen LogP contribution is 2.48. The molecule has 3 unspecified atom stereocenters. The molecule has 9 heteroatoms. The van der Waals surface area contributed by atoms with Crippen LogP contribution in [0.3, 0.4) is 0 Å². The number of hydrogen-bond donors (Lipinski definition) is 0. The molecule has 3 atom stereocenters. The van der Waals surface area contributed by atoms with Crippen LogP contribution in [-0.2, 0) is 14.4 Å². The predicted molar refractivity (Wildman–Crippen MR) is 127 cm³/mol. The lowest BCUT2D eigenvalue weighted by Crippen LogP contribution is -2.37. The van der Waals surface area contributed by atoms with Gasteiger partial charge in [-0.3, -0.25) is 24.5 Å². The van der Waals surface area contributed by atoms with E-state index in [-0.39, 0.29) is 10.7 Å². The van der Waals surface area contributed by atoms with Gasteiger partial charge in [-0.2, -0.15) is 0 Å². The van der Waals surface area contributed by atoms with Crippen molar-refractivity contribution in [1.29, 1.82) is 0 Å². The molecule has 5 rings (SSSR count). The third kappa shape index (κ3) is 3.43. The summed E-state index contributed by atoms with van der Waals surface area (Å²) >= 11 is 6.03. The molecule has 0 spiro atoms. The Bertz CT molecular complexity index is 1330. The van der Waals surface area contributed by atoms with Crippen LogP contribution in [0, 0.1) is 29.9 Å². The zero-order valence-corrected chi connectivity index (χ0v) is 19.1. The summed E-state index contributed by atoms with van der Waals surface area (Å²) in [5.41, 5.74) is 3.11. The van der Waals surface area contributed by atoms with Gasteiger partial charge in [0.1, 0.15) is 10.9 Å². The second kappa shape index (κ2) is 8.23. The summed E-state index contributed by atoms with van der Waals surface area (Å²) in [5, 5.41) is 13.0. The standard InChI is InChI=1S/C25H20ClN3O5/c1-14-8-11-19(15(2)12-14)27-24(30)21-22(16-9-10-18(26)20(13-16)29(32)33)28(34-23(21)25(27)31)17-6-4-3-5-7-17/h3-13,21-23H,1-2H3. The highest BCUT2D eigenvalue weighted by Gasteiger charge is 2.60. The number of fused-ring (bicyclic) bond motifs is 1. The van der Waals surface area contributed by atoms with E-state index in [0.717, 1.165) is 11.1 Å². The number of anilines is 2. The summed E-state index contributed by atoms with van der Waals surface area (Å²) in [6.07, 6.45) is -1.06. The van der Waals surface area contributed by atoms with Crippen molar-refractivity contribution in [2.24, 2.45) is 5.92 Å². The average molecular weight is 478 g/mol. The zero-order valence-electron chi connectivity index (χ0n) is 18.3. The second-order valence-corrected chi connectivity index (χ2v) is 8.83. The molecule has 2 aliphatic heterocycles. The summed E-state index contributed by atoms with van der Waals surface area (Å²) < 4.78 is 0. The van der Waals surface area contributed by atoms with Gasteiger partial charge in [-0.05, 0) is 49.2 Å². The maximum Gasteiger partial charge on any atom is 0.288 e. The number of nitro benzene ring substituents is 1. The summed E-state index contributed by atoms with van der Waals surface area (Å²) in [6.45, 7) is 3.78. The van der Waals surface area contributed by atoms with E-state index in [2.05, 4.69) is 0 Å². The van der Waals surface area contributed by atoms with E-state index in [9.17, 15) is 19.7 Å². The summed E-state index contributed by atoms with van der Waals surface area (Å²) in [7, 11) is 0. The molecular formula is C25H20ClN3O5. The number of hydroxylamine groups is 1. The topological polar surface area (TPSA) is 93.0 Å². The Morgan fingerprint density at radius 3 is 2.38 bits per heavy atom. The predicted octanol–water partition coefficient (Wildman–Crippen LogP) is 4.92. The molecule has 0 saturated carbocycles. The largest absolute Gasteiger partial charge is 0.288 e.